The molecular formula is C11H15F3N4O. The lowest BCUT2D eigenvalue weighted by atomic mass is 10.1. The van der Waals surface area contributed by atoms with Gasteiger partial charge >= 0.3 is 6.18 Å². The highest BCUT2D eigenvalue weighted by Crippen LogP contribution is 2.30. The molecule has 19 heavy (non-hydrogen) atoms. The van der Waals surface area contributed by atoms with Gasteiger partial charge in [-0.2, -0.15) is 18.2 Å². The van der Waals surface area contributed by atoms with E-state index in [4.69, 9.17) is 4.74 Å². The molecule has 2 heterocycles. The molecule has 0 amide bonds. The molecule has 0 spiro atoms. The van der Waals surface area contributed by atoms with E-state index in [-0.39, 0.29) is 23.9 Å². The van der Waals surface area contributed by atoms with Crippen LogP contribution in [0.5, 0.6) is 0 Å². The van der Waals surface area contributed by atoms with Crippen molar-refractivity contribution >= 4 is 11.8 Å². The Bertz CT molecular complexity index is 452. The summed E-state index contributed by atoms with van der Waals surface area (Å²) in [6.45, 7) is 2.46. The van der Waals surface area contributed by atoms with Crippen molar-refractivity contribution in [2.75, 3.05) is 24.3 Å². The fourth-order valence-corrected chi connectivity index (χ4v) is 1.89. The topological polar surface area (TPSA) is 59.1 Å². The van der Waals surface area contributed by atoms with Crippen LogP contribution >= 0.6 is 0 Å². The van der Waals surface area contributed by atoms with Gasteiger partial charge in [0.15, 0.2) is 5.69 Å². The summed E-state index contributed by atoms with van der Waals surface area (Å²) in [6.07, 6.45) is -3.81. The van der Waals surface area contributed by atoms with Crippen LogP contribution in [0.2, 0.25) is 0 Å². The van der Waals surface area contributed by atoms with Crippen molar-refractivity contribution in [3.8, 4) is 0 Å². The summed E-state index contributed by atoms with van der Waals surface area (Å²) < 4.78 is 43.5. The Hall–Kier alpha value is -1.57. The number of rotatable bonds is 3. The molecule has 1 aliphatic rings. The third kappa shape index (κ3) is 3.25. The monoisotopic (exact) mass is 276 g/mol. The van der Waals surface area contributed by atoms with Crippen molar-refractivity contribution in [3.63, 3.8) is 0 Å². The van der Waals surface area contributed by atoms with Crippen LogP contribution in [0.4, 0.5) is 24.9 Å². The van der Waals surface area contributed by atoms with E-state index in [1.54, 1.807) is 0 Å². The van der Waals surface area contributed by atoms with Crippen LogP contribution in [0.3, 0.4) is 0 Å². The highest BCUT2D eigenvalue weighted by molar-refractivity contribution is 5.44. The largest absolute Gasteiger partial charge is 0.433 e. The van der Waals surface area contributed by atoms with Gasteiger partial charge in [0, 0.05) is 19.7 Å². The molecule has 0 aromatic carbocycles. The van der Waals surface area contributed by atoms with Gasteiger partial charge in [0.2, 0.25) is 5.95 Å². The Labute approximate surface area is 108 Å². The third-order valence-corrected chi connectivity index (χ3v) is 2.95. The van der Waals surface area contributed by atoms with Crippen molar-refractivity contribution in [3.05, 3.63) is 11.8 Å². The van der Waals surface area contributed by atoms with E-state index in [1.165, 1.54) is 7.05 Å². The molecule has 0 saturated carbocycles. The lowest BCUT2D eigenvalue weighted by Crippen LogP contribution is -2.27. The van der Waals surface area contributed by atoms with Gasteiger partial charge in [0.25, 0.3) is 0 Å². The normalized spacial score (nSPS) is 23.4. The van der Waals surface area contributed by atoms with Gasteiger partial charge in [0.1, 0.15) is 5.82 Å². The van der Waals surface area contributed by atoms with Gasteiger partial charge in [-0.3, -0.25) is 0 Å². The fraction of sp³-hybridized carbons (Fsp3) is 0.636. The van der Waals surface area contributed by atoms with Crippen LogP contribution in [0.25, 0.3) is 0 Å². The molecule has 0 bridgehead atoms. The zero-order valence-electron chi connectivity index (χ0n) is 10.6. The van der Waals surface area contributed by atoms with Gasteiger partial charge in [-0.15, -0.1) is 0 Å². The minimum atomic E-state index is -4.50. The first-order valence-corrected chi connectivity index (χ1v) is 5.92. The van der Waals surface area contributed by atoms with E-state index in [9.17, 15) is 13.2 Å². The molecule has 2 rings (SSSR count). The first-order valence-electron chi connectivity index (χ1n) is 5.92. The number of nitrogens with zero attached hydrogens (tertiary/aromatic N) is 2. The molecule has 0 radical (unpaired) electrons. The lowest BCUT2D eigenvalue weighted by Gasteiger charge is -2.18. The number of hydrogen-bond acceptors (Lipinski definition) is 5. The third-order valence-electron chi connectivity index (χ3n) is 2.95. The molecule has 2 atom stereocenters. The quantitative estimate of drug-likeness (QED) is 0.885. The van der Waals surface area contributed by atoms with Gasteiger partial charge < -0.3 is 15.4 Å². The number of anilines is 2. The van der Waals surface area contributed by atoms with Crippen LogP contribution in [0.1, 0.15) is 19.0 Å². The van der Waals surface area contributed by atoms with Crippen molar-refractivity contribution in [1.29, 1.82) is 0 Å². The molecule has 5 nitrogen and oxygen atoms in total. The Balaban J connectivity index is 2.24. The predicted octanol–water partition coefficient (Wildman–Crippen LogP) is 2.13. The SMILES string of the molecule is CNc1nc(NC2CCOC2C)cc(C(F)(F)F)n1. The van der Waals surface area contributed by atoms with E-state index in [2.05, 4.69) is 20.6 Å². The van der Waals surface area contributed by atoms with Crippen LogP contribution in [0, 0.1) is 0 Å². The standard InChI is InChI=1S/C11H15F3N4O/c1-6-7(3-4-19-6)16-9-5-8(11(12,13)14)17-10(15-2)18-9/h5-7H,3-4H2,1-2H3,(H2,15,16,17,18). The first kappa shape index (κ1) is 13.9. The fourth-order valence-electron chi connectivity index (χ4n) is 1.89. The van der Waals surface area contributed by atoms with Gasteiger partial charge in [-0.25, -0.2) is 4.98 Å². The lowest BCUT2D eigenvalue weighted by molar-refractivity contribution is -0.141. The molecule has 1 aliphatic heterocycles. The minimum absolute atomic E-state index is 0.0410. The van der Waals surface area contributed by atoms with Crippen molar-refractivity contribution in [2.45, 2.75) is 31.7 Å². The van der Waals surface area contributed by atoms with Gasteiger partial charge in [-0.05, 0) is 13.3 Å². The maximum Gasteiger partial charge on any atom is 0.433 e. The van der Waals surface area contributed by atoms with E-state index < -0.39 is 11.9 Å². The summed E-state index contributed by atoms with van der Waals surface area (Å²) in [5.74, 6) is 0.0814. The van der Waals surface area contributed by atoms with Crippen molar-refractivity contribution in [1.82, 2.24) is 9.97 Å². The molecule has 1 saturated heterocycles. The number of alkyl halides is 3. The molecular weight excluding hydrogens is 261 g/mol. The van der Waals surface area contributed by atoms with Crippen LogP contribution < -0.4 is 10.6 Å². The maximum absolute atomic E-state index is 12.7. The Morgan fingerprint density at radius 3 is 2.63 bits per heavy atom. The van der Waals surface area contributed by atoms with Gasteiger partial charge in [-0.1, -0.05) is 0 Å². The number of ether oxygens (including phenoxy) is 1. The Morgan fingerprint density at radius 1 is 1.37 bits per heavy atom. The van der Waals surface area contributed by atoms with Crippen molar-refractivity contribution in [2.24, 2.45) is 0 Å². The van der Waals surface area contributed by atoms with E-state index in [0.717, 1.165) is 12.5 Å². The second kappa shape index (κ2) is 5.20. The van der Waals surface area contributed by atoms with Crippen LogP contribution in [-0.2, 0) is 10.9 Å². The Morgan fingerprint density at radius 2 is 2.11 bits per heavy atom. The highest BCUT2D eigenvalue weighted by Gasteiger charge is 2.34. The van der Waals surface area contributed by atoms with E-state index in [1.807, 2.05) is 6.92 Å². The van der Waals surface area contributed by atoms with Gasteiger partial charge in [0.05, 0.1) is 12.1 Å². The smallest absolute Gasteiger partial charge is 0.376 e. The molecule has 0 aliphatic carbocycles. The highest BCUT2D eigenvalue weighted by atomic mass is 19.4. The van der Waals surface area contributed by atoms with E-state index >= 15 is 0 Å². The summed E-state index contributed by atoms with van der Waals surface area (Å²) in [4.78, 5) is 7.37. The summed E-state index contributed by atoms with van der Waals surface area (Å²) >= 11 is 0. The molecule has 1 fully saturated rings. The minimum Gasteiger partial charge on any atom is -0.376 e. The van der Waals surface area contributed by atoms with E-state index in [0.29, 0.717) is 6.61 Å². The average Bonchev–Trinajstić information content (AvgIpc) is 2.73. The summed E-state index contributed by atoms with van der Waals surface area (Å²) in [5.41, 5.74) is -0.971. The predicted molar refractivity (Wildman–Crippen MR) is 64.0 cm³/mol. The summed E-state index contributed by atoms with van der Waals surface area (Å²) in [6, 6.07) is 0.868. The van der Waals surface area contributed by atoms with Crippen molar-refractivity contribution < 1.29 is 17.9 Å². The zero-order chi connectivity index (χ0) is 14.0. The van der Waals surface area contributed by atoms with Crippen LogP contribution in [-0.4, -0.2) is 35.8 Å². The number of halogens is 3. The second-order valence-corrected chi connectivity index (χ2v) is 4.33. The number of nitrogens with one attached hydrogen (secondary N) is 2. The summed E-state index contributed by atoms with van der Waals surface area (Å²) in [5, 5.41) is 5.48. The molecule has 106 valence electrons. The number of aromatic nitrogens is 2. The molecule has 2 unspecified atom stereocenters. The maximum atomic E-state index is 12.7. The average molecular weight is 276 g/mol. The first-order chi connectivity index (χ1) is 8.90. The zero-order valence-corrected chi connectivity index (χ0v) is 10.6. The van der Waals surface area contributed by atoms with Crippen LogP contribution in [0.15, 0.2) is 6.07 Å². The molecule has 8 heteroatoms. The number of hydrogen-bond donors (Lipinski definition) is 2. The molecule has 1 aromatic heterocycles. The second-order valence-electron chi connectivity index (χ2n) is 4.33. The molecule has 1 aromatic rings. The Kier molecular flexibility index (Phi) is 3.79. The molecule has 2 N–H and O–H groups in total. The summed E-state index contributed by atoms with van der Waals surface area (Å²) in [7, 11) is 1.47.